The molecular weight excluding hydrogens is 352 g/mol. The lowest BCUT2D eigenvalue weighted by Gasteiger charge is -2.26. The topological polar surface area (TPSA) is 84.6 Å². The first-order valence-electron chi connectivity index (χ1n) is 9.84. The van der Waals surface area contributed by atoms with Crippen molar-refractivity contribution in [1.82, 2.24) is 5.32 Å². The Balaban J connectivity index is 2.70. The fourth-order valence-corrected chi connectivity index (χ4v) is 3.19. The van der Waals surface area contributed by atoms with Crippen molar-refractivity contribution >= 4 is 5.91 Å². The largest absolute Gasteiger partial charge is 0.507 e. The van der Waals surface area contributed by atoms with E-state index >= 15 is 0 Å². The highest BCUT2D eigenvalue weighted by Gasteiger charge is 2.26. The van der Waals surface area contributed by atoms with E-state index in [1.54, 1.807) is 20.1 Å². The molecule has 0 spiro atoms. The van der Waals surface area contributed by atoms with Gasteiger partial charge in [0.05, 0.1) is 18.3 Å². The summed E-state index contributed by atoms with van der Waals surface area (Å²) in [6.45, 7) is 7.78. The van der Waals surface area contributed by atoms with Crippen LogP contribution in [0, 0.1) is 6.92 Å². The number of ether oxygens (including phenoxy) is 1. The number of hydrogen-bond acceptors (Lipinski definition) is 4. The molecule has 0 aliphatic carbocycles. The normalized spacial score (nSPS) is 13.1. The fraction of sp³-hybridized carbons (Fsp3) is 0.435. The Bertz CT molecular complexity index is 844. The molecule has 28 heavy (non-hydrogen) atoms. The van der Waals surface area contributed by atoms with Gasteiger partial charge in [-0.1, -0.05) is 32.4 Å². The number of nitrogens with one attached hydrogen (secondary N) is 1. The predicted molar refractivity (Wildman–Crippen MR) is 114 cm³/mol. The van der Waals surface area contributed by atoms with E-state index in [4.69, 9.17) is 10.5 Å². The summed E-state index contributed by atoms with van der Waals surface area (Å²) in [4.78, 5) is 13.1. The number of unbranched alkanes of at least 4 members (excludes halogenated alkanes) is 1. The van der Waals surface area contributed by atoms with Gasteiger partial charge >= 0.3 is 0 Å². The molecule has 4 N–H and O–H groups in total. The highest BCUT2D eigenvalue weighted by Crippen LogP contribution is 2.37. The highest BCUT2D eigenvalue weighted by molar-refractivity contribution is 6.04. The van der Waals surface area contributed by atoms with Gasteiger partial charge in [-0.3, -0.25) is 4.79 Å². The van der Waals surface area contributed by atoms with Gasteiger partial charge in [0.15, 0.2) is 0 Å². The van der Waals surface area contributed by atoms with E-state index in [1.165, 1.54) is 0 Å². The van der Waals surface area contributed by atoms with E-state index < -0.39 is 5.66 Å². The van der Waals surface area contributed by atoms with Gasteiger partial charge in [-0.2, -0.15) is 0 Å². The third kappa shape index (κ3) is 5.04. The van der Waals surface area contributed by atoms with Crippen LogP contribution < -0.4 is 15.8 Å². The van der Waals surface area contributed by atoms with Crippen LogP contribution in [0.2, 0.25) is 0 Å². The molecule has 2 rings (SSSR count). The molecule has 1 unspecified atom stereocenters. The van der Waals surface area contributed by atoms with Crippen LogP contribution in [-0.2, 0) is 6.42 Å². The molecule has 5 heteroatoms. The van der Waals surface area contributed by atoms with Crippen LogP contribution in [0.3, 0.4) is 0 Å². The summed E-state index contributed by atoms with van der Waals surface area (Å²) in [6.07, 6.45) is 3.42. The maximum atomic E-state index is 13.1. The first-order valence-corrected chi connectivity index (χ1v) is 9.84. The Kier molecular flexibility index (Phi) is 7.08. The van der Waals surface area contributed by atoms with Gasteiger partial charge in [0.2, 0.25) is 0 Å². The highest BCUT2D eigenvalue weighted by atomic mass is 16.5. The molecule has 0 radical (unpaired) electrons. The summed E-state index contributed by atoms with van der Waals surface area (Å²) in [7, 11) is 1.62. The third-order valence-electron chi connectivity index (χ3n) is 5.01. The van der Waals surface area contributed by atoms with E-state index in [2.05, 4.69) is 12.2 Å². The molecule has 0 aliphatic rings. The number of hydrogen-bond donors (Lipinski definition) is 3. The lowest BCUT2D eigenvalue weighted by atomic mass is 9.89. The van der Waals surface area contributed by atoms with Crippen LogP contribution in [0.25, 0.3) is 11.1 Å². The average Bonchev–Trinajstić information content (AvgIpc) is 2.65. The predicted octanol–water partition coefficient (Wildman–Crippen LogP) is 4.53. The first-order chi connectivity index (χ1) is 13.2. The van der Waals surface area contributed by atoms with Crippen molar-refractivity contribution < 1.29 is 14.6 Å². The molecule has 0 bridgehead atoms. The molecule has 5 nitrogen and oxygen atoms in total. The molecule has 0 fully saturated rings. The van der Waals surface area contributed by atoms with Gasteiger partial charge in [0.25, 0.3) is 5.91 Å². The number of phenolic OH excluding ortho intramolecular Hbond substituents is 1. The van der Waals surface area contributed by atoms with Gasteiger partial charge in [-0.25, -0.2) is 0 Å². The first kappa shape index (κ1) is 21.8. The molecule has 2 aromatic rings. The zero-order valence-corrected chi connectivity index (χ0v) is 17.6. The number of phenols is 1. The second kappa shape index (κ2) is 9.11. The van der Waals surface area contributed by atoms with Crippen LogP contribution in [0.5, 0.6) is 11.5 Å². The number of benzene rings is 2. The minimum Gasteiger partial charge on any atom is -0.507 e. The van der Waals surface area contributed by atoms with Gasteiger partial charge in [0, 0.05) is 5.56 Å². The lowest BCUT2D eigenvalue weighted by Crippen LogP contribution is -2.53. The Morgan fingerprint density at radius 3 is 2.57 bits per heavy atom. The van der Waals surface area contributed by atoms with E-state index in [-0.39, 0.29) is 17.2 Å². The Morgan fingerprint density at radius 2 is 1.96 bits per heavy atom. The third-order valence-corrected chi connectivity index (χ3v) is 5.01. The quantitative estimate of drug-likeness (QED) is 0.584. The Morgan fingerprint density at radius 1 is 1.25 bits per heavy atom. The number of methoxy groups -OCH3 is 1. The molecule has 0 saturated carbocycles. The van der Waals surface area contributed by atoms with Crippen LogP contribution in [0.15, 0.2) is 30.3 Å². The van der Waals surface area contributed by atoms with E-state index in [1.807, 2.05) is 38.1 Å². The molecule has 0 saturated heterocycles. The van der Waals surface area contributed by atoms with Gasteiger partial charge in [-0.15, -0.1) is 0 Å². The van der Waals surface area contributed by atoms with Crippen LogP contribution in [0.4, 0.5) is 0 Å². The number of carbonyl (C=O) groups is 1. The van der Waals surface area contributed by atoms with E-state index in [9.17, 15) is 9.90 Å². The summed E-state index contributed by atoms with van der Waals surface area (Å²) in [5.74, 6) is 0.279. The summed E-state index contributed by atoms with van der Waals surface area (Å²) < 4.78 is 5.42. The Hall–Kier alpha value is -2.53. The fourth-order valence-electron chi connectivity index (χ4n) is 3.19. The average molecular weight is 385 g/mol. The molecule has 0 aromatic heterocycles. The van der Waals surface area contributed by atoms with Crippen LogP contribution in [0.1, 0.15) is 61.5 Å². The van der Waals surface area contributed by atoms with E-state index in [0.717, 1.165) is 41.5 Å². The number of aromatic hydroxyl groups is 1. The smallest absolute Gasteiger partial charge is 0.257 e. The summed E-state index contributed by atoms with van der Waals surface area (Å²) in [6, 6.07) is 9.33. The zero-order chi connectivity index (χ0) is 20.9. The lowest BCUT2D eigenvalue weighted by molar-refractivity contribution is 0.0904. The van der Waals surface area contributed by atoms with Crippen molar-refractivity contribution in [1.29, 1.82) is 0 Å². The zero-order valence-electron chi connectivity index (χ0n) is 17.6. The number of nitrogens with two attached hydrogens (primary N) is 1. The SMILES string of the molecule is CCCCc1ccc(O)c(C(=O)NC(C)(N)CC)c1-c1cc(C)cc(OC)c1. The molecular formula is C23H32N2O3. The Labute approximate surface area is 167 Å². The van der Waals surface area contributed by atoms with Gasteiger partial charge in [-0.05, 0) is 68.0 Å². The minimum atomic E-state index is -0.857. The summed E-state index contributed by atoms with van der Waals surface area (Å²) >= 11 is 0. The number of aryl methyl sites for hydroxylation is 2. The molecule has 1 amide bonds. The summed E-state index contributed by atoms with van der Waals surface area (Å²) in [5.41, 5.74) is 9.17. The monoisotopic (exact) mass is 384 g/mol. The van der Waals surface area contributed by atoms with Gasteiger partial charge in [0.1, 0.15) is 11.5 Å². The van der Waals surface area contributed by atoms with Crippen LogP contribution >= 0.6 is 0 Å². The maximum Gasteiger partial charge on any atom is 0.257 e. The number of carbonyl (C=O) groups excluding carboxylic acids is 1. The summed E-state index contributed by atoms with van der Waals surface area (Å²) in [5, 5.41) is 13.5. The minimum absolute atomic E-state index is 0.0554. The molecule has 0 heterocycles. The maximum absolute atomic E-state index is 13.1. The van der Waals surface area contributed by atoms with Crippen molar-refractivity contribution in [2.75, 3.05) is 7.11 Å². The second-order valence-electron chi connectivity index (χ2n) is 7.56. The van der Waals surface area contributed by atoms with Gasteiger partial charge < -0.3 is 20.9 Å². The van der Waals surface area contributed by atoms with Crippen LogP contribution in [-0.4, -0.2) is 23.8 Å². The number of rotatable bonds is 8. The van der Waals surface area contributed by atoms with Crippen molar-refractivity contribution in [3.63, 3.8) is 0 Å². The van der Waals surface area contributed by atoms with E-state index in [0.29, 0.717) is 12.2 Å². The molecule has 2 aromatic carbocycles. The second-order valence-corrected chi connectivity index (χ2v) is 7.56. The number of amides is 1. The van der Waals surface area contributed by atoms with Crippen molar-refractivity contribution in [2.24, 2.45) is 5.73 Å². The van der Waals surface area contributed by atoms with Crippen molar-refractivity contribution in [3.8, 4) is 22.6 Å². The molecule has 1 atom stereocenters. The molecule has 0 aliphatic heterocycles. The molecule has 152 valence electrons. The van der Waals surface area contributed by atoms with Crippen molar-refractivity contribution in [3.05, 3.63) is 47.0 Å². The standard InChI is InChI=1S/C23H32N2O3/c1-6-8-9-16-10-11-19(26)21(22(27)25-23(4,24)7-2)20(16)17-12-15(3)13-18(14-17)28-5/h10-14,26H,6-9,24H2,1-5H3,(H,25,27). The van der Waals surface area contributed by atoms with Crippen molar-refractivity contribution in [2.45, 2.75) is 59.0 Å².